The van der Waals surface area contributed by atoms with Gasteiger partial charge in [-0.2, -0.15) is 0 Å². The molecule has 1 saturated heterocycles. The van der Waals surface area contributed by atoms with Crippen LogP contribution in [0.5, 0.6) is 0 Å². The van der Waals surface area contributed by atoms with Gasteiger partial charge in [0.1, 0.15) is 0 Å². The molecule has 1 fully saturated rings. The summed E-state index contributed by atoms with van der Waals surface area (Å²) >= 11 is 0. The van der Waals surface area contributed by atoms with Crippen molar-refractivity contribution in [1.29, 1.82) is 0 Å². The van der Waals surface area contributed by atoms with Crippen LogP contribution in [0.3, 0.4) is 0 Å². The Hall–Kier alpha value is -1.60. The standard InChI is InChI=1S/C20H33N3O3S/c1-5-17-9-8-10-18(6-2)20(17)23(27(4,25)26)12-11-19(24)22-15-13-21(7-3)14-16-22/h8-10H,5-7,11-16H2,1-4H3. The number of carbonyl (C=O) groups is 1. The van der Waals surface area contributed by atoms with Gasteiger partial charge in [0.25, 0.3) is 0 Å². The Labute approximate surface area is 164 Å². The Balaban J connectivity index is 2.17. The normalized spacial score (nSPS) is 15.8. The molecule has 0 saturated carbocycles. The topological polar surface area (TPSA) is 60.9 Å². The summed E-state index contributed by atoms with van der Waals surface area (Å²) in [5.74, 6) is 0.0337. The molecule has 27 heavy (non-hydrogen) atoms. The van der Waals surface area contributed by atoms with Crippen molar-refractivity contribution in [2.45, 2.75) is 40.0 Å². The van der Waals surface area contributed by atoms with Crippen molar-refractivity contribution in [3.8, 4) is 0 Å². The van der Waals surface area contributed by atoms with Crippen LogP contribution in [0.15, 0.2) is 18.2 Å². The van der Waals surface area contributed by atoms with Crippen LogP contribution in [0.1, 0.15) is 38.3 Å². The lowest BCUT2D eigenvalue weighted by molar-refractivity contribution is -0.132. The zero-order valence-corrected chi connectivity index (χ0v) is 17.9. The number of hydrogen-bond donors (Lipinski definition) is 0. The fraction of sp³-hybridized carbons (Fsp3) is 0.650. The molecule has 0 radical (unpaired) electrons. The van der Waals surface area contributed by atoms with Crippen molar-refractivity contribution >= 4 is 21.6 Å². The number of amides is 1. The van der Waals surface area contributed by atoms with Gasteiger partial charge in [-0.05, 0) is 30.5 Å². The molecule has 1 heterocycles. The largest absolute Gasteiger partial charge is 0.340 e. The van der Waals surface area contributed by atoms with Gasteiger partial charge < -0.3 is 9.80 Å². The van der Waals surface area contributed by atoms with Crippen LogP contribution in [0.4, 0.5) is 5.69 Å². The number of benzene rings is 1. The average Bonchev–Trinajstić information content (AvgIpc) is 2.66. The molecule has 0 unspecified atom stereocenters. The van der Waals surface area contributed by atoms with Crippen LogP contribution >= 0.6 is 0 Å². The van der Waals surface area contributed by atoms with Gasteiger partial charge in [0, 0.05) is 39.1 Å². The number of likely N-dealkylation sites (N-methyl/N-ethyl adjacent to an activating group) is 1. The third-order valence-corrected chi connectivity index (χ3v) is 6.48. The number of piperazine rings is 1. The zero-order valence-electron chi connectivity index (χ0n) is 17.1. The van der Waals surface area contributed by atoms with E-state index < -0.39 is 10.0 Å². The first-order valence-corrected chi connectivity index (χ1v) is 11.7. The van der Waals surface area contributed by atoms with Gasteiger partial charge in [0.05, 0.1) is 11.9 Å². The van der Waals surface area contributed by atoms with Crippen LogP contribution in [-0.4, -0.2) is 69.6 Å². The molecule has 1 aromatic carbocycles. The highest BCUT2D eigenvalue weighted by Crippen LogP contribution is 2.29. The monoisotopic (exact) mass is 395 g/mol. The van der Waals surface area contributed by atoms with Gasteiger partial charge in [0.15, 0.2) is 0 Å². The number of carbonyl (C=O) groups excluding carboxylic acids is 1. The summed E-state index contributed by atoms with van der Waals surface area (Å²) in [6, 6.07) is 5.91. The molecule has 0 spiro atoms. The average molecular weight is 396 g/mol. The number of para-hydroxylation sites is 1. The Morgan fingerprint density at radius 2 is 1.59 bits per heavy atom. The van der Waals surface area contributed by atoms with Gasteiger partial charge in [-0.1, -0.05) is 39.0 Å². The fourth-order valence-electron chi connectivity index (χ4n) is 3.65. The Morgan fingerprint density at radius 3 is 2.04 bits per heavy atom. The first kappa shape index (κ1) is 21.7. The Morgan fingerprint density at radius 1 is 1.04 bits per heavy atom. The van der Waals surface area contributed by atoms with Gasteiger partial charge >= 0.3 is 0 Å². The number of nitrogens with zero attached hydrogens (tertiary/aromatic N) is 3. The maximum absolute atomic E-state index is 12.7. The van der Waals surface area contributed by atoms with E-state index in [2.05, 4.69) is 11.8 Å². The quantitative estimate of drug-likeness (QED) is 0.677. The first-order chi connectivity index (χ1) is 12.8. The molecule has 0 N–H and O–H groups in total. The van der Waals surface area contributed by atoms with E-state index in [1.807, 2.05) is 36.9 Å². The molecule has 152 valence electrons. The molecule has 1 aromatic rings. The van der Waals surface area contributed by atoms with E-state index in [0.29, 0.717) is 0 Å². The van der Waals surface area contributed by atoms with Crippen molar-refractivity contribution < 1.29 is 13.2 Å². The summed E-state index contributed by atoms with van der Waals surface area (Å²) < 4.78 is 26.5. The highest BCUT2D eigenvalue weighted by atomic mass is 32.2. The molecular weight excluding hydrogens is 362 g/mol. The summed E-state index contributed by atoms with van der Waals surface area (Å²) in [7, 11) is -3.47. The minimum atomic E-state index is -3.47. The summed E-state index contributed by atoms with van der Waals surface area (Å²) in [6.45, 7) is 10.6. The highest BCUT2D eigenvalue weighted by molar-refractivity contribution is 7.92. The van der Waals surface area contributed by atoms with Crippen LogP contribution in [0.25, 0.3) is 0 Å². The molecule has 1 aliphatic heterocycles. The third-order valence-electron chi connectivity index (χ3n) is 5.32. The van der Waals surface area contributed by atoms with Crippen molar-refractivity contribution in [3.63, 3.8) is 0 Å². The van der Waals surface area contributed by atoms with Crippen molar-refractivity contribution in [2.75, 3.05) is 49.8 Å². The second kappa shape index (κ2) is 9.55. The molecule has 7 heteroatoms. The predicted octanol–water partition coefficient (Wildman–Crippen LogP) is 2.13. The van der Waals surface area contributed by atoms with Crippen molar-refractivity contribution in [1.82, 2.24) is 9.80 Å². The van der Waals surface area contributed by atoms with Gasteiger partial charge in [-0.3, -0.25) is 9.10 Å². The van der Waals surface area contributed by atoms with Crippen LogP contribution in [0, 0.1) is 0 Å². The van der Waals surface area contributed by atoms with Crippen molar-refractivity contribution in [3.05, 3.63) is 29.3 Å². The second-order valence-electron chi connectivity index (χ2n) is 7.03. The summed E-state index contributed by atoms with van der Waals surface area (Å²) in [5.41, 5.74) is 2.76. The van der Waals surface area contributed by atoms with E-state index in [4.69, 9.17) is 0 Å². The Bertz CT molecular complexity index is 719. The highest BCUT2D eigenvalue weighted by Gasteiger charge is 2.25. The number of aryl methyl sites for hydroxylation is 2. The smallest absolute Gasteiger partial charge is 0.232 e. The minimum Gasteiger partial charge on any atom is -0.340 e. The molecular formula is C20H33N3O3S. The third kappa shape index (κ3) is 5.45. The molecule has 0 aromatic heterocycles. The van der Waals surface area contributed by atoms with Gasteiger partial charge in [0.2, 0.25) is 15.9 Å². The van der Waals surface area contributed by atoms with E-state index in [1.54, 1.807) is 0 Å². The molecule has 0 aliphatic carbocycles. The number of rotatable bonds is 8. The number of anilines is 1. The molecule has 6 nitrogen and oxygen atoms in total. The predicted molar refractivity (Wildman–Crippen MR) is 111 cm³/mol. The Kier molecular flexibility index (Phi) is 7.68. The number of hydrogen-bond acceptors (Lipinski definition) is 4. The van der Waals surface area contributed by atoms with Crippen LogP contribution in [-0.2, 0) is 27.7 Å². The lowest BCUT2D eigenvalue weighted by Gasteiger charge is -2.34. The maximum atomic E-state index is 12.7. The molecule has 0 atom stereocenters. The van der Waals surface area contributed by atoms with E-state index in [9.17, 15) is 13.2 Å². The summed E-state index contributed by atoms with van der Waals surface area (Å²) in [5, 5.41) is 0. The van der Waals surface area contributed by atoms with E-state index >= 15 is 0 Å². The molecule has 0 bridgehead atoms. The van der Waals surface area contributed by atoms with E-state index in [-0.39, 0.29) is 18.9 Å². The van der Waals surface area contributed by atoms with E-state index in [1.165, 1.54) is 10.6 Å². The van der Waals surface area contributed by atoms with Crippen LogP contribution < -0.4 is 4.31 Å². The minimum absolute atomic E-state index is 0.0337. The molecule has 2 rings (SSSR count). The summed E-state index contributed by atoms with van der Waals surface area (Å²) in [6.07, 6.45) is 2.94. The maximum Gasteiger partial charge on any atom is 0.232 e. The number of sulfonamides is 1. The van der Waals surface area contributed by atoms with Crippen molar-refractivity contribution in [2.24, 2.45) is 0 Å². The van der Waals surface area contributed by atoms with Gasteiger partial charge in [-0.25, -0.2) is 8.42 Å². The van der Waals surface area contributed by atoms with Gasteiger partial charge in [-0.15, -0.1) is 0 Å². The lowest BCUT2D eigenvalue weighted by atomic mass is 10.0. The SMILES string of the molecule is CCc1cccc(CC)c1N(CCC(=O)N1CCN(CC)CC1)S(C)(=O)=O. The van der Waals surface area contributed by atoms with E-state index in [0.717, 1.165) is 62.4 Å². The first-order valence-electron chi connectivity index (χ1n) is 9.90. The van der Waals surface area contributed by atoms with Crippen LogP contribution in [0.2, 0.25) is 0 Å². The second-order valence-corrected chi connectivity index (χ2v) is 8.94. The fourth-order valence-corrected chi connectivity index (χ4v) is 4.64. The zero-order chi connectivity index (χ0) is 20.0. The molecule has 1 aliphatic rings. The molecule has 1 amide bonds. The lowest BCUT2D eigenvalue weighted by Crippen LogP contribution is -2.49. The summed E-state index contributed by atoms with van der Waals surface area (Å²) in [4.78, 5) is 16.8.